The highest BCUT2D eigenvalue weighted by Gasteiger charge is 2.10. The molecular formula is C14H14N2O2. The van der Waals surface area contributed by atoms with Gasteiger partial charge in [-0.15, -0.1) is 0 Å². The van der Waals surface area contributed by atoms with Crippen LogP contribution in [0, 0.1) is 6.92 Å². The highest BCUT2D eigenvalue weighted by molar-refractivity contribution is 5.96. The number of para-hydroxylation sites is 1. The molecule has 0 spiro atoms. The van der Waals surface area contributed by atoms with E-state index < -0.39 is 5.97 Å². The first-order chi connectivity index (χ1) is 8.58. The van der Waals surface area contributed by atoms with E-state index in [1.165, 1.54) is 6.07 Å². The second kappa shape index (κ2) is 4.79. The Bertz CT molecular complexity index is 594. The fourth-order valence-electron chi connectivity index (χ4n) is 1.71. The van der Waals surface area contributed by atoms with Gasteiger partial charge in [-0.3, -0.25) is 0 Å². The minimum absolute atomic E-state index is 0.201. The molecule has 4 N–H and O–H groups in total. The number of hydrogen-bond acceptors (Lipinski definition) is 3. The van der Waals surface area contributed by atoms with Gasteiger partial charge in [-0.2, -0.15) is 0 Å². The molecule has 2 rings (SSSR count). The predicted octanol–water partition coefficient (Wildman–Crippen LogP) is 3.02. The van der Waals surface area contributed by atoms with Gasteiger partial charge < -0.3 is 16.2 Å². The molecule has 18 heavy (non-hydrogen) atoms. The summed E-state index contributed by atoms with van der Waals surface area (Å²) in [5.41, 5.74) is 8.81. The standard InChI is InChI=1S/C14H14N2O2/c1-9-4-2-3-5-12(9)16-13-8-10(15)6-7-11(13)14(17)18/h2-8,16H,15H2,1H3,(H,17,18). The molecule has 92 valence electrons. The van der Waals surface area contributed by atoms with Gasteiger partial charge in [0.15, 0.2) is 0 Å². The quantitative estimate of drug-likeness (QED) is 0.723. The molecule has 0 radical (unpaired) electrons. The Morgan fingerprint density at radius 2 is 1.89 bits per heavy atom. The van der Waals surface area contributed by atoms with Gasteiger partial charge in [0.1, 0.15) is 0 Å². The summed E-state index contributed by atoms with van der Waals surface area (Å²) in [7, 11) is 0. The van der Waals surface area contributed by atoms with Crippen molar-refractivity contribution < 1.29 is 9.90 Å². The van der Waals surface area contributed by atoms with Gasteiger partial charge in [0.25, 0.3) is 0 Å². The summed E-state index contributed by atoms with van der Waals surface area (Å²) in [6.07, 6.45) is 0. The van der Waals surface area contributed by atoms with Crippen molar-refractivity contribution >= 4 is 23.0 Å². The lowest BCUT2D eigenvalue weighted by molar-refractivity contribution is 0.0698. The fourth-order valence-corrected chi connectivity index (χ4v) is 1.71. The van der Waals surface area contributed by atoms with Crippen molar-refractivity contribution in [3.8, 4) is 0 Å². The summed E-state index contributed by atoms with van der Waals surface area (Å²) in [4.78, 5) is 11.1. The number of carboxylic acid groups (broad SMARTS) is 1. The van der Waals surface area contributed by atoms with Crippen molar-refractivity contribution in [1.82, 2.24) is 0 Å². The zero-order chi connectivity index (χ0) is 13.1. The summed E-state index contributed by atoms with van der Waals surface area (Å²) in [6, 6.07) is 12.4. The highest BCUT2D eigenvalue weighted by Crippen LogP contribution is 2.25. The lowest BCUT2D eigenvalue weighted by Gasteiger charge is -2.12. The molecule has 0 aliphatic rings. The van der Waals surface area contributed by atoms with Gasteiger partial charge in [0.05, 0.1) is 11.3 Å². The molecule has 2 aromatic rings. The molecule has 4 nitrogen and oxygen atoms in total. The molecule has 0 amide bonds. The Morgan fingerprint density at radius 1 is 1.17 bits per heavy atom. The Labute approximate surface area is 105 Å². The van der Waals surface area contributed by atoms with E-state index in [4.69, 9.17) is 10.8 Å². The zero-order valence-electron chi connectivity index (χ0n) is 9.97. The summed E-state index contributed by atoms with van der Waals surface area (Å²) in [5.74, 6) is -0.980. The van der Waals surface area contributed by atoms with Gasteiger partial charge in [-0.05, 0) is 36.8 Å². The first kappa shape index (κ1) is 12.0. The molecule has 0 aliphatic heterocycles. The molecule has 0 unspecified atom stereocenters. The number of nitrogens with one attached hydrogen (secondary N) is 1. The average Bonchev–Trinajstić information content (AvgIpc) is 2.32. The molecule has 0 saturated heterocycles. The number of nitrogen functional groups attached to an aromatic ring is 1. The molecular weight excluding hydrogens is 228 g/mol. The number of aromatic carboxylic acids is 1. The van der Waals surface area contributed by atoms with Crippen molar-refractivity contribution in [2.24, 2.45) is 0 Å². The summed E-state index contributed by atoms with van der Waals surface area (Å²) >= 11 is 0. The maximum absolute atomic E-state index is 11.1. The van der Waals surface area contributed by atoms with E-state index in [-0.39, 0.29) is 5.56 Å². The normalized spacial score (nSPS) is 10.1. The summed E-state index contributed by atoms with van der Waals surface area (Å²) < 4.78 is 0. The van der Waals surface area contributed by atoms with Gasteiger partial charge in [-0.1, -0.05) is 18.2 Å². The van der Waals surface area contributed by atoms with Crippen LogP contribution in [0.2, 0.25) is 0 Å². The average molecular weight is 242 g/mol. The Kier molecular flexibility index (Phi) is 3.19. The SMILES string of the molecule is Cc1ccccc1Nc1cc(N)ccc1C(=O)O. The van der Waals surface area contributed by atoms with E-state index >= 15 is 0 Å². The van der Waals surface area contributed by atoms with Crippen LogP contribution in [0.1, 0.15) is 15.9 Å². The maximum Gasteiger partial charge on any atom is 0.337 e. The van der Waals surface area contributed by atoms with Crippen LogP contribution in [-0.4, -0.2) is 11.1 Å². The Morgan fingerprint density at radius 3 is 2.56 bits per heavy atom. The zero-order valence-corrected chi connectivity index (χ0v) is 9.97. The first-order valence-corrected chi connectivity index (χ1v) is 5.53. The topological polar surface area (TPSA) is 75.3 Å². The van der Waals surface area contributed by atoms with Crippen LogP contribution in [0.25, 0.3) is 0 Å². The van der Waals surface area contributed by atoms with Crippen LogP contribution in [0.3, 0.4) is 0 Å². The first-order valence-electron chi connectivity index (χ1n) is 5.53. The lowest BCUT2D eigenvalue weighted by Crippen LogP contribution is -2.04. The van der Waals surface area contributed by atoms with Crippen LogP contribution in [0.5, 0.6) is 0 Å². The van der Waals surface area contributed by atoms with E-state index in [1.54, 1.807) is 12.1 Å². The molecule has 0 saturated carbocycles. The Hall–Kier alpha value is -2.49. The highest BCUT2D eigenvalue weighted by atomic mass is 16.4. The number of aryl methyl sites for hydroxylation is 1. The van der Waals surface area contributed by atoms with Crippen LogP contribution in [0.15, 0.2) is 42.5 Å². The lowest BCUT2D eigenvalue weighted by atomic mass is 10.1. The van der Waals surface area contributed by atoms with Crippen molar-refractivity contribution in [2.45, 2.75) is 6.92 Å². The number of carbonyl (C=O) groups is 1. The van der Waals surface area contributed by atoms with Crippen LogP contribution >= 0.6 is 0 Å². The molecule has 4 heteroatoms. The number of nitrogens with two attached hydrogens (primary N) is 1. The van der Waals surface area contributed by atoms with Gasteiger partial charge in [-0.25, -0.2) is 4.79 Å². The molecule has 0 fully saturated rings. The predicted molar refractivity (Wildman–Crippen MR) is 72.3 cm³/mol. The summed E-state index contributed by atoms with van der Waals surface area (Å²) in [5, 5.41) is 12.2. The third-order valence-corrected chi connectivity index (χ3v) is 2.69. The van der Waals surface area contributed by atoms with Crippen LogP contribution in [-0.2, 0) is 0 Å². The third kappa shape index (κ3) is 2.43. The van der Waals surface area contributed by atoms with Crippen molar-refractivity contribution in [2.75, 3.05) is 11.1 Å². The van der Waals surface area contributed by atoms with E-state index in [2.05, 4.69) is 5.32 Å². The van der Waals surface area contributed by atoms with Crippen LogP contribution in [0.4, 0.5) is 17.1 Å². The Balaban J connectivity index is 2.42. The van der Waals surface area contributed by atoms with Gasteiger partial charge in [0, 0.05) is 11.4 Å². The number of hydrogen-bond donors (Lipinski definition) is 3. The molecule has 2 aromatic carbocycles. The molecule has 0 atom stereocenters. The second-order valence-electron chi connectivity index (χ2n) is 4.05. The second-order valence-corrected chi connectivity index (χ2v) is 4.05. The maximum atomic E-state index is 11.1. The van der Waals surface area contributed by atoms with E-state index in [0.717, 1.165) is 11.3 Å². The fraction of sp³-hybridized carbons (Fsp3) is 0.0714. The number of carboxylic acids is 1. The minimum atomic E-state index is -0.980. The van der Waals surface area contributed by atoms with Crippen molar-refractivity contribution in [1.29, 1.82) is 0 Å². The largest absolute Gasteiger partial charge is 0.478 e. The third-order valence-electron chi connectivity index (χ3n) is 2.69. The molecule has 0 bridgehead atoms. The van der Waals surface area contributed by atoms with Gasteiger partial charge >= 0.3 is 5.97 Å². The number of benzene rings is 2. The van der Waals surface area contributed by atoms with E-state index in [1.807, 2.05) is 31.2 Å². The van der Waals surface area contributed by atoms with Gasteiger partial charge in [0.2, 0.25) is 0 Å². The molecule has 0 heterocycles. The smallest absolute Gasteiger partial charge is 0.337 e. The minimum Gasteiger partial charge on any atom is -0.478 e. The van der Waals surface area contributed by atoms with Crippen molar-refractivity contribution in [3.05, 3.63) is 53.6 Å². The molecule has 0 aromatic heterocycles. The monoisotopic (exact) mass is 242 g/mol. The van der Waals surface area contributed by atoms with E-state index in [0.29, 0.717) is 11.4 Å². The molecule has 0 aliphatic carbocycles. The number of rotatable bonds is 3. The summed E-state index contributed by atoms with van der Waals surface area (Å²) in [6.45, 7) is 1.95. The van der Waals surface area contributed by atoms with Crippen molar-refractivity contribution in [3.63, 3.8) is 0 Å². The van der Waals surface area contributed by atoms with E-state index in [9.17, 15) is 4.79 Å². The van der Waals surface area contributed by atoms with Crippen LogP contribution < -0.4 is 11.1 Å². The number of anilines is 3.